The van der Waals surface area contributed by atoms with Crippen LogP contribution in [-0.4, -0.2) is 44.6 Å². The summed E-state index contributed by atoms with van der Waals surface area (Å²) in [7, 11) is 0. The molecule has 2 aliphatic rings. The molecule has 1 spiro atoms. The van der Waals surface area contributed by atoms with E-state index in [2.05, 4.69) is 15.7 Å². The Hall–Kier alpha value is -2.38. The van der Waals surface area contributed by atoms with E-state index in [0.717, 1.165) is 12.8 Å². The van der Waals surface area contributed by atoms with Gasteiger partial charge in [-0.1, -0.05) is 12.8 Å². The first-order chi connectivity index (χ1) is 11.9. The van der Waals surface area contributed by atoms with Crippen LogP contribution in [0.1, 0.15) is 58.4 Å². The van der Waals surface area contributed by atoms with Crippen molar-refractivity contribution in [2.75, 3.05) is 11.9 Å². The summed E-state index contributed by atoms with van der Waals surface area (Å²) in [4.78, 5) is 38.0. The van der Waals surface area contributed by atoms with Crippen LogP contribution in [0.5, 0.6) is 0 Å². The first-order valence-corrected chi connectivity index (χ1v) is 8.90. The number of hydrogen-bond donors (Lipinski definition) is 2. The molecule has 2 N–H and O–H groups in total. The second-order valence-electron chi connectivity index (χ2n) is 7.08. The summed E-state index contributed by atoms with van der Waals surface area (Å²) < 4.78 is 1.74. The molecule has 0 atom stereocenters. The number of urea groups is 1. The normalized spacial score (nSPS) is 19.1. The van der Waals surface area contributed by atoms with Crippen molar-refractivity contribution in [3.8, 4) is 0 Å². The molecule has 4 amide bonds. The molecule has 136 valence electrons. The molecule has 0 unspecified atom stereocenters. The number of aromatic nitrogens is 2. The van der Waals surface area contributed by atoms with Crippen LogP contribution in [0.15, 0.2) is 12.3 Å². The fraction of sp³-hybridized carbons (Fsp3) is 0.647. The van der Waals surface area contributed by atoms with Crippen LogP contribution in [0.25, 0.3) is 0 Å². The quantitative estimate of drug-likeness (QED) is 0.770. The topological polar surface area (TPSA) is 96.3 Å². The maximum Gasteiger partial charge on any atom is 0.325 e. The number of anilines is 1. The van der Waals surface area contributed by atoms with Crippen molar-refractivity contribution < 1.29 is 14.4 Å². The first-order valence-electron chi connectivity index (χ1n) is 8.90. The Morgan fingerprint density at radius 1 is 1.36 bits per heavy atom. The number of hydrogen-bond acceptors (Lipinski definition) is 4. The van der Waals surface area contributed by atoms with E-state index in [0.29, 0.717) is 25.1 Å². The molecule has 1 aromatic heterocycles. The number of imide groups is 1. The lowest BCUT2D eigenvalue weighted by atomic mass is 9.98. The van der Waals surface area contributed by atoms with Gasteiger partial charge in [-0.15, -0.1) is 0 Å². The molecule has 1 aliphatic carbocycles. The minimum Gasteiger partial charge on any atom is -0.323 e. The Kier molecular flexibility index (Phi) is 4.78. The molecule has 8 heteroatoms. The SMILES string of the molecule is CC(C)n1nccc1NC(=O)CCCN1C(=O)NC2(CCCC2)C1=O. The van der Waals surface area contributed by atoms with E-state index >= 15 is 0 Å². The average molecular weight is 347 g/mol. The lowest BCUT2D eigenvalue weighted by molar-refractivity contribution is -0.131. The van der Waals surface area contributed by atoms with Crippen LogP contribution in [0.4, 0.5) is 10.6 Å². The molecule has 1 saturated heterocycles. The molecule has 0 bridgehead atoms. The molecule has 0 aromatic carbocycles. The van der Waals surface area contributed by atoms with Gasteiger partial charge in [0, 0.05) is 25.1 Å². The molecule has 1 aromatic rings. The Morgan fingerprint density at radius 3 is 2.76 bits per heavy atom. The summed E-state index contributed by atoms with van der Waals surface area (Å²) in [5, 5.41) is 9.84. The van der Waals surface area contributed by atoms with Gasteiger partial charge in [0.05, 0.1) is 6.20 Å². The zero-order valence-electron chi connectivity index (χ0n) is 14.7. The van der Waals surface area contributed by atoms with Crippen LogP contribution >= 0.6 is 0 Å². The van der Waals surface area contributed by atoms with E-state index in [9.17, 15) is 14.4 Å². The van der Waals surface area contributed by atoms with Crippen molar-refractivity contribution in [2.24, 2.45) is 0 Å². The second-order valence-corrected chi connectivity index (χ2v) is 7.08. The highest BCUT2D eigenvalue weighted by Crippen LogP contribution is 2.35. The fourth-order valence-corrected chi connectivity index (χ4v) is 3.62. The number of carbonyl (C=O) groups is 3. The van der Waals surface area contributed by atoms with Gasteiger partial charge in [0.2, 0.25) is 5.91 Å². The van der Waals surface area contributed by atoms with Crippen LogP contribution in [-0.2, 0) is 9.59 Å². The first kappa shape index (κ1) is 17.4. The maximum atomic E-state index is 12.5. The van der Waals surface area contributed by atoms with E-state index in [4.69, 9.17) is 0 Å². The van der Waals surface area contributed by atoms with Gasteiger partial charge < -0.3 is 10.6 Å². The molecule has 25 heavy (non-hydrogen) atoms. The fourth-order valence-electron chi connectivity index (χ4n) is 3.62. The Morgan fingerprint density at radius 2 is 2.08 bits per heavy atom. The number of amides is 4. The molecule has 1 aliphatic heterocycles. The van der Waals surface area contributed by atoms with E-state index in [-0.39, 0.29) is 36.9 Å². The molecular formula is C17H25N5O3. The minimum atomic E-state index is -0.677. The van der Waals surface area contributed by atoms with Crippen LogP contribution in [0.2, 0.25) is 0 Å². The minimum absolute atomic E-state index is 0.131. The van der Waals surface area contributed by atoms with E-state index < -0.39 is 5.54 Å². The predicted molar refractivity (Wildman–Crippen MR) is 91.9 cm³/mol. The molecule has 3 rings (SSSR count). The molecular weight excluding hydrogens is 322 g/mol. The lowest BCUT2D eigenvalue weighted by Crippen LogP contribution is -2.44. The van der Waals surface area contributed by atoms with Crippen LogP contribution in [0.3, 0.4) is 0 Å². The summed E-state index contributed by atoms with van der Waals surface area (Å²) in [6.07, 6.45) is 5.69. The summed E-state index contributed by atoms with van der Waals surface area (Å²) in [5.74, 6) is 0.373. The Bertz CT molecular complexity index is 676. The van der Waals surface area contributed by atoms with E-state index in [1.165, 1.54) is 4.90 Å². The third-order valence-electron chi connectivity index (χ3n) is 4.92. The summed E-state index contributed by atoms with van der Waals surface area (Å²) in [6.45, 7) is 4.24. The number of carbonyl (C=O) groups excluding carboxylic acids is 3. The highest BCUT2D eigenvalue weighted by molar-refractivity contribution is 6.07. The van der Waals surface area contributed by atoms with Gasteiger partial charge in [0.15, 0.2) is 0 Å². The third-order valence-corrected chi connectivity index (χ3v) is 4.92. The van der Waals surface area contributed by atoms with Gasteiger partial charge in [0.1, 0.15) is 11.4 Å². The Labute approximate surface area is 146 Å². The molecule has 2 heterocycles. The summed E-state index contributed by atoms with van der Waals surface area (Å²) >= 11 is 0. The molecule has 1 saturated carbocycles. The zero-order chi connectivity index (χ0) is 18.0. The monoisotopic (exact) mass is 347 g/mol. The van der Waals surface area contributed by atoms with Gasteiger partial charge in [-0.25, -0.2) is 9.48 Å². The highest BCUT2D eigenvalue weighted by Gasteiger charge is 2.51. The lowest BCUT2D eigenvalue weighted by Gasteiger charge is -2.20. The second kappa shape index (κ2) is 6.85. The Balaban J connectivity index is 1.49. The average Bonchev–Trinajstić information content (AvgIpc) is 3.25. The largest absolute Gasteiger partial charge is 0.325 e. The predicted octanol–water partition coefficient (Wildman–Crippen LogP) is 2.05. The number of nitrogens with zero attached hydrogens (tertiary/aromatic N) is 3. The van der Waals surface area contributed by atoms with Gasteiger partial charge >= 0.3 is 6.03 Å². The summed E-state index contributed by atoms with van der Waals surface area (Å²) in [6, 6.07) is 1.57. The van der Waals surface area contributed by atoms with Crippen molar-refractivity contribution in [1.29, 1.82) is 0 Å². The maximum absolute atomic E-state index is 12.5. The molecule has 8 nitrogen and oxygen atoms in total. The van der Waals surface area contributed by atoms with Crippen molar-refractivity contribution in [3.05, 3.63) is 12.3 Å². The molecule has 2 fully saturated rings. The van der Waals surface area contributed by atoms with Crippen molar-refractivity contribution in [2.45, 2.75) is 64.0 Å². The highest BCUT2D eigenvalue weighted by atomic mass is 16.2. The standard InChI is InChI=1S/C17H25N5O3/c1-12(2)22-13(7-10-18-22)19-14(23)6-5-11-21-15(24)17(20-16(21)25)8-3-4-9-17/h7,10,12H,3-6,8-9,11H2,1-2H3,(H,19,23)(H,20,25). The number of rotatable bonds is 6. The van der Waals surface area contributed by atoms with Crippen molar-refractivity contribution >= 4 is 23.7 Å². The van der Waals surface area contributed by atoms with Crippen LogP contribution in [0, 0.1) is 0 Å². The number of nitrogens with one attached hydrogen (secondary N) is 2. The molecule has 0 radical (unpaired) electrons. The third kappa shape index (κ3) is 3.38. The zero-order valence-corrected chi connectivity index (χ0v) is 14.7. The smallest absolute Gasteiger partial charge is 0.323 e. The van der Waals surface area contributed by atoms with E-state index in [1.54, 1.807) is 16.9 Å². The summed E-state index contributed by atoms with van der Waals surface area (Å²) in [5.41, 5.74) is -0.677. The van der Waals surface area contributed by atoms with Crippen molar-refractivity contribution in [1.82, 2.24) is 20.0 Å². The van der Waals surface area contributed by atoms with Crippen LogP contribution < -0.4 is 10.6 Å². The van der Waals surface area contributed by atoms with Gasteiger partial charge in [0.25, 0.3) is 5.91 Å². The van der Waals surface area contributed by atoms with Gasteiger partial charge in [-0.05, 0) is 33.1 Å². The van der Waals surface area contributed by atoms with E-state index in [1.807, 2.05) is 13.8 Å². The van der Waals surface area contributed by atoms with Gasteiger partial charge in [-0.2, -0.15) is 5.10 Å². The van der Waals surface area contributed by atoms with Crippen molar-refractivity contribution in [3.63, 3.8) is 0 Å². The van der Waals surface area contributed by atoms with Gasteiger partial charge in [-0.3, -0.25) is 14.5 Å².